The topological polar surface area (TPSA) is 41.4 Å². The van der Waals surface area contributed by atoms with Gasteiger partial charge in [0, 0.05) is 19.1 Å². The van der Waals surface area contributed by atoms with Crippen molar-refractivity contribution in [3.05, 3.63) is 40.4 Å². The van der Waals surface area contributed by atoms with E-state index in [1.165, 1.54) is 45.2 Å². The van der Waals surface area contributed by atoms with Gasteiger partial charge in [0.2, 0.25) is 0 Å². The normalized spacial score (nSPS) is 24.6. The van der Waals surface area contributed by atoms with E-state index in [-0.39, 0.29) is 5.56 Å². The first-order valence-corrected chi connectivity index (χ1v) is 11.3. The number of aromatic nitrogens is 2. The number of rotatable bonds is 5. The Morgan fingerprint density at radius 2 is 1.68 bits per heavy atom. The summed E-state index contributed by atoms with van der Waals surface area (Å²) in [6, 6.07) is 8.53. The van der Waals surface area contributed by atoms with E-state index in [1.807, 2.05) is 24.3 Å². The Kier molecular flexibility index (Phi) is 5.20. The predicted molar refractivity (Wildman–Crippen MR) is 113 cm³/mol. The molecule has 2 aromatic rings. The molecule has 0 bridgehead atoms. The molecule has 1 saturated carbocycles. The molecule has 0 amide bonds. The lowest BCUT2D eigenvalue weighted by molar-refractivity contribution is 0.201. The van der Waals surface area contributed by atoms with Gasteiger partial charge in [-0.25, -0.2) is 4.98 Å². The van der Waals surface area contributed by atoms with Crippen LogP contribution in [0.2, 0.25) is 0 Å². The first-order chi connectivity index (χ1) is 13.8. The molecule has 3 fully saturated rings. The number of hydrogen-bond acceptors (Lipinski definition) is 4. The highest BCUT2D eigenvalue weighted by Gasteiger charge is 2.33. The van der Waals surface area contributed by atoms with Crippen LogP contribution >= 0.6 is 0 Å². The van der Waals surface area contributed by atoms with Crippen LogP contribution in [0, 0.1) is 0 Å². The van der Waals surface area contributed by atoms with Gasteiger partial charge >= 0.3 is 0 Å². The Balaban J connectivity index is 1.50. The van der Waals surface area contributed by atoms with Crippen molar-refractivity contribution in [2.45, 2.75) is 63.5 Å². The molecular weight excluding hydrogens is 348 g/mol. The van der Waals surface area contributed by atoms with E-state index in [9.17, 15) is 4.79 Å². The van der Waals surface area contributed by atoms with Gasteiger partial charge in [0.1, 0.15) is 5.82 Å². The van der Waals surface area contributed by atoms with E-state index in [0.717, 1.165) is 55.6 Å². The third kappa shape index (κ3) is 3.39. The predicted octanol–water partition coefficient (Wildman–Crippen LogP) is 3.74. The van der Waals surface area contributed by atoms with E-state index in [2.05, 4.69) is 14.4 Å². The Hall–Kier alpha value is -1.72. The molecule has 3 aliphatic rings. The van der Waals surface area contributed by atoms with Gasteiger partial charge in [-0.15, -0.1) is 0 Å². The second kappa shape index (κ2) is 7.96. The molecule has 1 atom stereocenters. The van der Waals surface area contributed by atoms with E-state index < -0.39 is 0 Å². The molecule has 3 heterocycles. The van der Waals surface area contributed by atoms with E-state index in [4.69, 9.17) is 4.98 Å². The van der Waals surface area contributed by atoms with Crippen molar-refractivity contribution in [1.82, 2.24) is 19.4 Å². The SMILES string of the molecule is O=c1c2ccccc2nc(C2CCCN2CCN2CCCC2)n1C1CCCC1. The zero-order valence-electron chi connectivity index (χ0n) is 16.9. The molecule has 0 spiro atoms. The number of hydrogen-bond donors (Lipinski definition) is 0. The molecule has 0 radical (unpaired) electrons. The molecule has 1 aromatic carbocycles. The van der Waals surface area contributed by atoms with Gasteiger partial charge in [-0.1, -0.05) is 25.0 Å². The molecule has 1 aromatic heterocycles. The maximum absolute atomic E-state index is 13.5. The molecule has 2 aliphatic heterocycles. The van der Waals surface area contributed by atoms with Gasteiger partial charge in [-0.05, 0) is 70.3 Å². The second-order valence-electron chi connectivity index (χ2n) is 8.84. The van der Waals surface area contributed by atoms with Crippen molar-refractivity contribution in [2.24, 2.45) is 0 Å². The van der Waals surface area contributed by atoms with Gasteiger partial charge in [0.25, 0.3) is 5.56 Å². The summed E-state index contributed by atoms with van der Waals surface area (Å²) in [7, 11) is 0. The number of benzene rings is 1. The number of fused-ring (bicyclic) bond motifs is 1. The average Bonchev–Trinajstić information content (AvgIpc) is 3.48. The minimum atomic E-state index is 0.180. The minimum Gasteiger partial charge on any atom is -0.302 e. The van der Waals surface area contributed by atoms with Gasteiger partial charge in [-0.3, -0.25) is 14.3 Å². The maximum Gasteiger partial charge on any atom is 0.261 e. The lowest BCUT2D eigenvalue weighted by atomic mass is 10.1. The smallest absolute Gasteiger partial charge is 0.261 e. The Morgan fingerprint density at radius 1 is 0.893 bits per heavy atom. The minimum absolute atomic E-state index is 0.180. The molecule has 2 saturated heterocycles. The number of para-hydroxylation sites is 1. The molecule has 28 heavy (non-hydrogen) atoms. The monoisotopic (exact) mass is 380 g/mol. The molecular formula is C23H32N4O. The first kappa shape index (κ1) is 18.3. The van der Waals surface area contributed by atoms with Crippen LogP contribution in [0.3, 0.4) is 0 Å². The highest BCUT2D eigenvalue weighted by Crippen LogP contribution is 2.36. The van der Waals surface area contributed by atoms with Gasteiger partial charge in [-0.2, -0.15) is 0 Å². The molecule has 1 aliphatic carbocycles. The zero-order chi connectivity index (χ0) is 18.9. The van der Waals surface area contributed by atoms with Crippen molar-refractivity contribution >= 4 is 10.9 Å². The van der Waals surface area contributed by atoms with Gasteiger partial charge in [0.05, 0.1) is 16.9 Å². The van der Waals surface area contributed by atoms with Crippen molar-refractivity contribution in [3.63, 3.8) is 0 Å². The maximum atomic E-state index is 13.5. The van der Waals surface area contributed by atoms with Gasteiger partial charge in [0.15, 0.2) is 0 Å². The molecule has 0 N–H and O–H groups in total. The number of likely N-dealkylation sites (tertiary alicyclic amines) is 2. The van der Waals surface area contributed by atoms with Crippen molar-refractivity contribution < 1.29 is 0 Å². The van der Waals surface area contributed by atoms with Crippen molar-refractivity contribution in [3.8, 4) is 0 Å². The van der Waals surface area contributed by atoms with Crippen LogP contribution in [0.1, 0.15) is 69.3 Å². The van der Waals surface area contributed by atoms with Crippen molar-refractivity contribution in [1.29, 1.82) is 0 Å². The molecule has 5 heteroatoms. The zero-order valence-corrected chi connectivity index (χ0v) is 16.9. The molecule has 5 nitrogen and oxygen atoms in total. The van der Waals surface area contributed by atoms with Crippen LogP contribution in [-0.2, 0) is 0 Å². The van der Waals surface area contributed by atoms with Gasteiger partial charge < -0.3 is 4.90 Å². The summed E-state index contributed by atoms with van der Waals surface area (Å²) in [5, 5.41) is 0.778. The summed E-state index contributed by atoms with van der Waals surface area (Å²) in [5.41, 5.74) is 1.04. The van der Waals surface area contributed by atoms with Crippen LogP contribution < -0.4 is 5.56 Å². The summed E-state index contributed by atoms with van der Waals surface area (Å²) in [6.45, 7) is 5.88. The average molecular weight is 381 g/mol. The van der Waals surface area contributed by atoms with Crippen LogP contribution in [0.25, 0.3) is 10.9 Å². The standard InChI is InChI=1S/C23H32N4O/c28-23-19-10-3-4-11-20(19)24-22(27(23)18-8-1-2-9-18)21-12-7-15-26(21)17-16-25-13-5-6-14-25/h3-4,10-11,18,21H,1-2,5-9,12-17H2. The van der Waals surface area contributed by atoms with E-state index in [0.29, 0.717) is 12.1 Å². The lowest BCUT2D eigenvalue weighted by Crippen LogP contribution is -2.37. The van der Waals surface area contributed by atoms with E-state index >= 15 is 0 Å². The van der Waals surface area contributed by atoms with E-state index in [1.54, 1.807) is 0 Å². The fraction of sp³-hybridized carbons (Fsp3) is 0.652. The highest BCUT2D eigenvalue weighted by atomic mass is 16.1. The third-order valence-electron chi connectivity index (χ3n) is 7.09. The fourth-order valence-corrected chi connectivity index (χ4v) is 5.58. The summed E-state index contributed by atoms with van der Waals surface area (Å²) in [4.78, 5) is 23.8. The fourth-order valence-electron chi connectivity index (χ4n) is 5.58. The Bertz CT molecular complexity index is 880. The third-order valence-corrected chi connectivity index (χ3v) is 7.09. The summed E-state index contributed by atoms with van der Waals surface area (Å²) < 4.78 is 2.11. The van der Waals surface area contributed by atoms with Crippen LogP contribution in [0.5, 0.6) is 0 Å². The number of nitrogens with zero attached hydrogens (tertiary/aromatic N) is 4. The largest absolute Gasteiger partial charge is 0.302 e. The molecule has 1 unspecified atom stereocenters. The summed E-state index contributed by atoms with van der Waals surface area (Å²) in [5.74, 6) is 1.04. The van der Waals surface area contributed by atoms with Crippen molar-refractivity contribution in [2.75, 3.05) is 32.7 Å². The quantitative estimate of drug-likeness (QED) is 0.792. The molecule has 5 rings (SSSR count). The summed E-state index contributed by atoms with van der Waals surface area (Å²) >= 11 is 0. The highest BCUT2D eigenvalue weighted by molar-refractivity contribution is 5.77. The Labute approximate surface area is 167 Å². The van der Waals surface area contributed by atoms with Crippen LogP contribution in [0.15, 0.2) is 29.1 Å². The lowest BCUT2D eigenvalue weighted by Gasteiger charge is -2.29. The molecule has 150 valence electrons. The second-order valence-corrected chi connectivity index (χ2v) is 8.84. The Morgan fingerprint density at radius 3 is 2.50 bits per heavy atom. The van der Waals surface area contributed by atoms with Crippen LogP contribution in [-0.4, -0.2) is 52.1 Å². The first-order valence-electron chi connectivity index (χ1n) is 11.3. The summed E-state index contributed by atoms with van der Waals surface area (Å²) in [6.07, 6.45) is 9.71. The van der Waals surface area contributed by atoms with Crippen LogP contribution in [0.4, 0.5) is 0 Å².